The van der Waals surface area contributed by atoms with Crippen LogP contribution in [0.15, 0.2) is 194 Å². The van der Waals surface area contributed by atoms with Crippen molar-refractivity contribution >= 4 is 44.6 Å². The van der Waals surface area contributed by atoms with Crippen LogP contribution < -0.4 is 9.80 Å². The summed E-state index contributed by atoms with van der Waals surface area (Å²) in [5.74, 6) is 0.812. The summed E-state index contributed by atoms with van der Waals surface area (Å²) in [6.07, 6.45) is 1.87. The normalized spacial score (nSPS) is 15.6. The zero-order valence-corrected chi connectivity index (χ0v) is 39.5. The Hall–Kier alpha value is -7.69. The fourth-order valence-corrected chi connectivity index (χ4v) is 10.1. The molecule has 68 heavy (non-hydrogen) atoms. The van der Waals surface area contributed by atoms with E-state index in [2.05, 4.69) is 139 Å². The van der Waals surface area contributed by atoms with Crippen molar-refractivity contribution in [1.29, 1.82) is 0 Å². The van der Waals surface area contributed by atoms with Crippen LogP contribution in [0.5, 0.6) is 0 Å². The van der Waals surface area contributed by atoms with Crippen LogP contribution in [0.3, 0.4) is 0 Å². The number of fused-ring (bicyclic) bond motifs is 4. The monoisotopic (exact) mass is 896 g/mol. The van der Waals surface area contributed by atoms with E-state index in [9.17, 15) is 9.60 Å². The molecule has 0 fully saturated rings. The first-order valence-corrected chi connectivity index (χ1v) is 22.9. The third-order valence-corrected chi connectivity index (χ3v) is 13.5. The van der Waals surface area contributed by atoms with Crippen LogP contribution >= 0.6 is 0 Å². The minimum Gasteiger partial charge on any atom is -0.321 e. The maximum atomic E-state index is 9.60. The van der Waals surface area contributed by atoms with E-state index in [0.29, 0.717) is 11.4 Å². The molecule has 0 spiro atoms. The second-order valence-corrected chi connectivity index (χ2v) is 19.4. The molecule has 11 rings (SSSR count). The van der Waals surface area contributed by atoms with Gasteiger partial charge in [0.25, 0.3) is 0 Å². The van der Waals surface area contributed by atoms with E-state index in [1.165, 1.54) is 0 Å². The van der Waals surface area contributed by atoms with Crippen LogP contribution in [0.4, 0.5) is 22.7 Å². The van der Waals surface area contributed by atoms with E-state index in [-0.39, 0.29) is 28.9 Å². The molecule has 0 unspecified atom stereocenters. The van der Waals surface area contributed by atoms with Crippen molar-refractivity contribution in [2.45, 2.75) is 66.2 Å². The summed E-state index contributed by atoms with van der Waals surface area (Å²) in [5.41, 5.74) is 9.77. The first-order chi connectivity index (χ1) is 38.2. The number of para-hydroxylation sites is 4. The van der Waals surface area contributed by atoms with E-state index in [4.69, 9.17) is 13.2 Å². The summed E-state index contributed by atoms with van der Waals surface area (Å²) < 4.78 is 120. The summed E-state index contributed by atoms with van der Waals surface area (Å²) in [7, 11) is 0. The van der Waals surface area contributed by atoms with Gasteiger partial charge in [0.1, 0.15) is 12.5 Å². The quantitative estimate of drug-likeness (QED) is 0.152. The highest BCUT2D eigenvalue weighted by Gasteiger charge is 2.33. The van der Waals surface area contributed by atoms with Gasteiger partial charge in [-0.05, 0) is 125 Å². The smallest absolute Gasteiger partial charge is 0.137 e. The Balaban J connectivity index is 1.17. The highest BCUT2D eigenvalue weighted by molar-refractivity contribution is 6.09. The second-order valence-electron chi connectivity index (χ2n) is 19.4. The zero-order chi connectivity index (χ0) is 58.2. The molecule has 2 aromatic heterocycles. The molecular formula is C64H58N4. The Labute approximate surface area is 420 Å². The minimum atomic E-state index is -0.733. The van der Waals surface area contributed by atoms with Crippen LogP contribution in [0, 0.1) is 20.8 Å². The van der Waals surface area contributed by atoms with Crippen molar-refractivity contribution in [3.05, 3.63) is 227 Å². The molecule has 0 saturated heterocycles. The Morgan fingerprint density at radius 2 is 1.13 bits per heavy atom. The lowest BCUT2D eigenvalue weighted by Crippen LogP contribution is -2.26. The first-order valence-electron chi connectivity index (χ1n) is 29.4. The van der Waals surface area contributed by atoms with E-state index in [0.717, 1.165) is 77.8 Å². The summed E-state index contributed by atoms with van der Waals surface area (Å²) in [6, 6.07) is 28.5. The van der Waals surface area contributed by atoms with Crippen LogP contribution in [0.1, 0.15) is 85.8 Å². The number of rotatable bonds is 8. The molecule has 0 radical (unpaired) electrons. The van der Waals surface area contributed by atoms with Gasteiger partial charge in [-0.1, -0.05) is 179 Å². The fraction of sp³-hybridized carbons (Fsp3) is 0.172. The SMILES string of the molecule is [2H]c1c([2H])c([2H])c(-c2c([2H])c([2H])c([2H])c(-c3c([2H])c([2H])c([2H])c([2H])c3[2H])c2N2CN(c3cc(-c4c(C)cc(C)cc4C)cc(C(C)(C)c4ccc5c6ccccc6n(-c6cc(C(C)(C)C)ccn6)c5c4)c3)c3ccccc32)c([2H])c1[2H]. The summed E-state index contributed by atoms with van der Waals surface area (Å²) >= 11 is 0. The van der Waals surface area contributed by atoms with Crippen LogP contribution in [0.25, 0.3) is 61.0 Å². The molecule has 0 bridgehead atoms. The van der Waals surface area contributed by atoms with E-state index < -0.39 is 95.1 Å². The number of hydrogen-bond acceptors (Lipinski definition) is 3. The highest BCUT2D eigenvalue weighted by Crippen LogP contribution is 2.51. The Morgan fingerprint density at radius 3 is 1.79 bits per heavy atom. The second kappa shape index (κ2) is 16.6. The molecule has 4 nitrogen and oxygen atoms in total. The first kappa shape index (κ1) is 30.6. The van der Waals surface area contributed by atoms with Crippen molar-refractivity contribution < 1.29 is 17.8 Å². The van der Waals surface area contributed by atoms with Gasteiger partial charge in [-0.25, -0.2) is 4.98 Å². The molecule has 8 aromatic carbocycles. The largest absolute Gasteiger partial charge is 0.321 e. The van der Waals surface area contributed by atoms with Crippen LogP contribution in [-0.2, 0) is 10.8 Å². The number of benzene rings is 8. The molecule has 334 valence electrons. The molecule has 1 aliphatic rings. The van der Waals surface area contributed by atoms with Crippen molar-refractivity contribution in [2.24, 2.45) is 0 Å². The van der Waals surface area contributed by atoms with Gasteiger partial charge in [0.15, 0.2) is 0 Å². The van der Waals surface area contributed by atoms with Crippen molar-refractivity contribution in [2.75, 3.05) is 16.5 Å². The number of nitrogens with zero attached hydrogens (tertiary/aromatic N) is 4. The van der Waals surface area contributed by atoms with Gasteiger partial charge in [-0.2, -0.15) is 0 Å². The number of aromatic nitrogens is 2. The fourth-order valence-electron chi connectivity index (χ4n) is 10.1. The van der Waals surface area contributed by atoms with E-state index >= 15 is 0 Å². The molecule has 0 atom stereocenters. The average Bonchev–Trinajstić information content (AvgIpc) is 2.81. The maximum absolute atomic E-state index is 9.60. The molecule has 3 heterocycles. The van der Waals surface area contributed by atoms with Crippen LogP contribution in [0.2, 0.25) is 0 Å². The predicted molar refractivity (Wildman–Crippen MR) is 288 cm³/mol. The number of anilines is 4. The van der Waals surface area contributed by atoms with Gasteiger partial charge in [-0.3, -0.25) is 4.57 Å². The van der Waals surface area contributed by atoms with Gasteiger partial charge < -0.3 is 9.80 Å². The van der Waals surface area contributed by atoms with Crippen LogP contribution in [-0.4, -0.2) is 16.2 Å². The topological polar surface area (TPSA) is 24.3 Å². The number of pyridine rings is 1. The summed E-state index contributed by atoms with van der Waals surface area (Å²) in [5, 5.41) is 2.18. The summed E-state index contributed by atoms with van der Waals surface area (Å²) in [4.78, 5) is 8.70. The molecular weight excluding hydrogens is 825 g/mol. The van der Waals surface area contributed by atoms with E-state index in [1.807, 2.05) is 29.3 Å². The molecule has 0 saturated carbocycles. The summed E-state index contributed by atoms with van der Waals surface area (Å²) in [6.45, 7) is 17.2. The third kappa shape index (κ3) is 7.36. The molecule has 0 N–H and O–H groups in total. The maximum Gasteiger partial charge on any atom is 0.137 e. The lowest BCUT2D eigenvalue weighted by Gasteiger charge is -2.31. The van der Waals surface area contributed by atoms with E-state index in [1.54, 1.807) is 17.0 Å². The Bertz CT molecular complexity index is 4150. The lowest BCUT2D eigenvalue weighted by molar-refractivity contribution is 0.588. The standard InChI is InChI=1S/C64H58N4/c1-42-34-43(2)61(44(3)35-42)47-36-50(64(7,8)49-30-31-55-54-24-15-16-27-56(54)68(59(55)39-49)60-40-48(32-33-65-60)63(4,5)6)38-51(37-47)66-41-67(58-29-18-17-28-57(58)66)62-52(45-20-11-9-12-21-45)25-19-26-53(62)46-22-13-10-14-23-46/h9-40H,41H2,1-8H3/i9D,10D,11D,12D,13D,14D,19D,20D,21D,22D,23D,25D,26D. The van der Waals surface area contributed by atoms with Crippen molar-refractivity contribution in [1.82, 2.24) is 9.55 Å². The Morgan fingerprint density at radius 1 is 0.515 bits per heavy atom. The van der Waals surface area contributed by atoms with Gasteiger partial charge in [-0.15, -0.1) is 0 Å². The highest BCUT2D eigenvalue weighted by atomic mass is 15.4. The average molecular weight is 896 g/mol. The molecule has 10 aromatic rings. The van der Waals surface area contributed by atoms with Crippen molar-refractivity contribution in [3.8, 4) is 39.2 Å². The van der Waals surface area contributed by atoms with Gasteiger partial charge in [0.05, 0.1) is 45.9 Å². The zero-order valence-electron chi connectivity index (χ0n) is 52.5. The molecule has 0 amide bonds. The molecule has 1 aliphatic heterocycles. The molecule has 0 aliphatic carbocycles. The lowest BCUT2D eigenvalue weighted by atomic mass is 9.76. The Kier molecular flexibility index (Phi) is 7.45. The minimum absolute atomic E-state index is 0.102. The third-order valence-electron chi connectivity index (χ3n) is 13.5. The molecule has 4 heteroatoms. The number of aryl methyl sites for hydroxylation is 3. The van der Waals surface area contributed by atoms with Crippen molar-refractivity contribution in [3.63, 3.8) is 0 Å². The van der Waals surface area contributed by atoms with Gasteiger partial charge in [0, 0.05) is 39.2 Å². The van der Waals surface area contributed by atoms with Gasteiger partial charge >= 0.3 is 0 Å². The predicted octanol–water partition coefficient (Wildman–Crippen LogP) is 17.0. The van der Waals surface area contributed by atoms with Gasteiger partial charge in [0.2, 0.25) is 0 Å². The number of hydrogen-bond donors (Lipinski definition) is 0.